The Hall–Kier alpha value is -2.29. The van der Waals surface area contributed by atoms with E-state index in [1.54, 1.807) is 4.90 Å². The van der Waals surface area contributed by atoms with Crippen molar-refractivity contribution in [1.82, 2.24) is 4.90 Å². The number of rotatable bonds is 4. The van der Waals surface area contributed by atoms with Crippen molar-refractivity contribution in [3.05, 3.63) is 65.2 Å². The first-order valence-corrected chi connectivity index (χ1v) is 6.81. The molecule has 0 aliphatic carbocycles. The minimum Gasteiger partial charge on any atom is -0.398 e. The third-order valence-electron chi connectivity index (χ3n) is 3.38. The molecule has 0 saturated carbocycles. The average molecular weight is 268 g/mol. The first kappa shape index (κ1) is 14.1. The van der Waals surface area contributed by atoms with Crippen LogP contribution in [0.3, 0.4) is 0 Å². The van der Waals surface area contributed by atoms with Crippen LogP contribution >= 0.6 is 0 Å². The topological polar surface area (TPSA) is 46.3 Å². The van der Waals surface area contributed by atoms with E-state index in [4.69, 9.17) is 5.73 Å². The van der Waals surface area contributed by atoms with Crippen molar-refractivity contribution in [3.8, 4) is 0 Å². The Morgan fingerprint density at radius 1 is 1.10 bits per heavy atom. The summed E-state index contributed by atoms with van der Waals surface area (Å²) in [7, 11) is 0. The number of aryl methyl sites for hydroxylation is 1. The third kappa shape index (κ3) is 3.18. The van der Waals surface area contributed by atoms with Gasteiger partial charge in [0.05, 0.1) is 0 Å². The van der Waals surface area contributed by atoms with Crippen molar-refractivity contribution >= 4 is 11.6 Å². The van der Waals surface area contributed by atoms with Crippen LogP contribution in [0, 0.1) is 6.92 Å². The van der Waals surface area contributed by atoms with Crippen LogP contribution in [0.25, 0.3) is 0 Å². The van der Waals surface area contributed by atoms with Gasteiger partial charge in [-0.15, -0.1) is 0 Å². The smallest absolute Gasteiger partial charge is 0.254 e. The second-order valence-electron chi connectivity index (χ2n) is 4.88. The molecule has 0 spiro atoms. The first-order chi connectivity index (χ1) is 9.61. The van der Waals surface area contributed by atoms with Crippen molar-refractivity contribution in [2.24, 2.45) is 0 Å². The Kier molecular flexibility index (Phi) is 4.41. The van der Waals surface area contributed by atoms with Gasteiger partial charge in [-0.1, -0.05) is 35.9 Å². The zero-order valence-corrected chi connectivity index (χ0v) is 12.0. The van der Waals surface area contributed by atoms with Crippen LogP contribution in [-0.2, 0) is 6.54 Å². The zero-order chi connectivity index (χ0) is 14.5. The molecular weight excluding hydrogens is 248 g/mol. The fraction of sp³-hybridized carbons (Fsp3) is 0.235. The second kappa shape index (κ2) is 6.24. The van der Waals surface area contributed by atoms with Gasteiger partial charge in [0.15, 0.2) is 0 Å². The highest BCUT2D eigenvalue weighted by Crippen LogP contribution is 2.15. The molecule has 0 aliphatic rings. The summed E-state index contributed by atoms with van der Waals surface area (Å²) in [5.74, 6) is 0.0377. The van der Waals surface area contributed by atoms with Gasteiger partial charge in [-0.2, -0.15) is 0 Å². The number of hydrogen-bond donors (Lipinski definition) is 1. The molecule has 0 saturated heterocycles. The number of amides is 1. The molecule has 2 aromatic rings. The van der Waals surface area contributed by atoms with Crippen molar-refractivity contribution in [3.63, 3.8) is 0 Å². The van der Waals surface area contributed by atoms with Gasteiger partial charge in [-0.25, -0.2) is 0 Å². The Bertz CT molecular complexity index is 590. The maximum absolute atomic E-state index is 12.5. The van der Waals surface area contributed by atoms with Crippen LogP contribution in [0.4, 0.5) is 5.69 Å². The van der Waals surface area contributed by atoms with Gasteiger partial charge in [0.1, 0.15) is 0 Å². The Labute approximate surface area is 120 Å². The van der Waals surface area contributed by atoms with E-state index in [0.717, 1.165) is 16.8 Å². The van der Waals surface area contributed by atoms with Crippen molar-refractivity contribution in [2.45, 2.75) is 20.4 Å². The summed E-state index contributed by atoms with van der Waals surface area (Å²) >= 11 is 0. The van der Waals surface area contributed by atoms with Crippen LogP contribution < -0.4 is 5.73 Å². The van der Waals surface area contributed by atoms with E-state index >= 15 is 0 Å². The molecule has 2 aromatic carbocycles. The van der Waals surface area contributed by atoms with E-state index in [-0.39, 0.29) is 5.91 Å². The van der Waals surface area contributed by atoms with Crippen LogP contribution in [0.5, 0.6) is 0 Å². The Morgan fingerprint density at radius 2 is 1.75 bits per heavy atom. The first-order valence-electron chi connectivity index (χ1n) is 6.81. The number of carbonyl (C=O) groups excluding carboxylic acids is 1. The molecular formula is C17H20N2O. The predicted octanol–water partition coefficient (Wildman–Crippen LogP) is 3.24. The number of hydrogen-bond acceptors (Lipinski definition) is 2. The Morgan fingerprint density at radius 3 is 2.35 bits per heavy atom. The van der Waals surface area contributed by atoms with Gasteiger partial charge in [-0.3, -0.25) is 4.79 Å². The lowest BCUT2D eigenvalue weighted by Gasteiger charge is -2.22. The molecule has 0 atom stereocenters. The summed E-state index contributed by atoms with van der Waals surface area (Å²) in [5, 5.41) is 0. The van der Waals surface area contributed by atoms with Gasteiger partial charge >= 0.3 is 0 Å². The molecule has 20 heavy (non-hydrogen) atoms. The molecule has 3 nitrogen and oxygen atoms in total. The molecule has 3 heteroatoms. The maximum Gasteiger partial charge on any atom is 0.254 e. The SMILES string of the molecule is CCN(Cc1ccccc1N)C(=O)c1ccc(C)cc1. The number of carbonyl (C=O) groups is 1. The zero-order valence-electron chi connectivity index (χ0n) is 12.0. The highest BCUT2D eigenvalue weighted by Gasteiger charge is 2.15. The molecule has 1 amide bonds. The number of benzene rings is 2. The lowest BCUT2D eigenvalue weighted by molar-refractivity contribution is 0.0753. The summed E-state index contributed by atoms with van der Waals surface area (Å²) in [6.07, 6.45) is 0. The van der Waals surface area contributed by atoms with E-state index in [0.29, 0.717) is 18.7 Å². The summed E-state index contributed by atoms with van der Waals surface area (Å²) in [5.41, 5.74) is 9.51. The molecule has 0 aliphatic heterocycles. The number of anilines is 1. The van der Waals surface area contributed by atoms with E-state index in [9.17, 15) is 4.79 Å². The Balaban J connectivity index is 2.18. The van der Waals surface area contributed by atoms with E-state index in [1.165, 1.54) is 0 Å². The standard InChI is InChI=1S/C17H20N2O/c1-3-19(12-15-6-4-5-7-16(15)18)17(20)14-10-8-13(2)9-11-14/h4-11H,3,12,18H2,1-2H3. The van der Waals surface area contributed by atoms with Crippen LogP contribution in [0.1, 0.15) is 28.4 Å². The van der Waals surface area contributed by atoms with Gasteiger partial charge < -0.3 is 10.6 Å². The molecule has 0 bridgehead atoms. The van der Waals surface area contributed by atoms with Crippen LogP contribution in [-0.4, -0.2) is 17.4 Å². The quantitative estimate of drug-likeness (QED) is 0.865. The number of nitrogens with zero attached hydrogens (tertiary/aromatic N) is 1. The molecule has 0 fully saturated rings. The molecule has 2 N–H and O–H groups in total. The van der Waals surface area contributed by atoms with Crippen molar-refractivity contribution in [1.29, 1.82) is 0 Å². The summed E-state index contributed by atoms with van der Waals surface area (Å²) in [6.45, 7) is 5.18. The second-order valence-corrected chi connectivity index (χ2v) is 4.88. The minimum atomic E-state index is 0.0377. The molecule has 0 radical (unpaired) electrons. The van der Waals surface area contributed by atoms with Crippen molar-refractivity contribution in [2.75, 3.05) is 12.3 Å². The molecule has 0 aromatic heterocycles. The van der Waals surface area contributed by atoms with E-state index < -0.39 is 0 Å². The van der Waals surface area contributed by atoms with Crippen LogP contribution in [0.2, 0.25) is 0 Å². The van der Waals surface area contributed by atoms with Crippen LogP contribution in [0.15, 0.2) is 48.5 Å². The minimum absolute atomic E-state index is 0.0377. The largest absolute Gasteiger partial charge is 0.398 e. The number of nitrogens with two attached hydrogens (primary N) is 1. The van der Waals surface area contributed by atoms with Gasteiger partial charge in [0.2, 0.25) is 0 Å². The molecule has 104 valence electrons. The van der Waals surface area contributed by atoms with E-state index in [1.807, 2.05) is 62.4 Å². The maximum atomic E-state index is 12.5. The van der Waals surface area contributed by atoms with Crippen molar-refractivity contribution < 1.29 is 4.79 Å². The predicted molar refractivity (Wildman–Crippen MR) is 82.4 cm³/mol. The summed E-state index contributed by atoms with van der Waals surface area (Å²) in [4.78, 5) is 14.3. The third-order valence-corrected chi connectivity index (χ3v) is 3.38. The lowest BCUT2D eigenvalue weighted by Crippen LogP contribution is -2.30. The summed E-state index contributed by atoms with van der Waals surface area (Å²) in [6, 6.07) is 15.3. The fourth-order valence-electron chi connectivity index (χ4n) is 2.09. The van der Waals surface area contributed by atoms with E-state index in [2.05, 4.69) is 0 Å². The normalized spacial score (nSPS) is 10.3. The number of nitrogen functional groups attached to an aromatic ring is 1. The molecule has 0 heterocycles. The summed E-state index contributed by atoms with van der Waals surface area (Å²) < 4.78 is 0. The van der Waals surface area contributed by atoms with Gasteiger partial charge in [0.25, 0.3) is 5.91 Å². The monoisotopic (exact) mass is 268 g/mol. The highest BCUT2D eigenvalue weighted by molar-refractivity contribution is 5.94. The lowest BCUT2D eigenvalue weighted by atomic mass is 10.1. The molecule has 2 rings (SSSR count). The van der Waals surface area contributed by atoms with Gasteiger partial charge in [-0.05, 0) is 37.6 Å². The number of para-hydroxylation sites is 1. The van der Waals surface area contributed by atoms with Gasteiger partial charge in [0, 0.05) is 24.3 Å². The fourth-order valence-corrected chi connectivity index (χ4v) is 2.09. The average Bonchev–Trinajstić information content (AvgIpc) is 2.46. The molecule has 0 unspecified atom stereocenters. The highest BCUT2D eigenvalue weighted by atomic mass is 16.2.